The lowest BCUT2D eigenvalue weighted by atomic mass is 10.2. The van der Waals surface area contributed by atoms with Gasteiger partial charge in [-0.2, -0.15) is 0 Å². The van der Waals surface area contributed by atoms with Gasteiger partial charge >= 0.3 is 0 Å². The van der Waals surface area contributed by atoms with Crippen LogP contribution in [0, 0.1) is 5.82 Å². The molecule has 5 nitrogen and oxygen atoms in total. The number of hydrogen-bond donors (Lipinski definition) is 3. The Labute approximate surface area is 131 Å². The number of hydrogen-bond acceptors (Lipinski definition) is 3. The largest absolute Gasteiger partial charge is 0.343 e. The zero-order chi connectivity index (χ0) is 15.9. The van der Waals surface area contributed by atoms with Crippen molar-refractivity contribution in [3.8, 4) is 0 Å². The molecule has 2 aromatic rings. The highest BCUT2D eigenvalue weighted by Gasteiger charge is 2.11. The molecule has 0 atom stereocenters. The molecule has 0 bridgehead atoms. The van der Waals surface area contributed by atoms with Gasteiger partial charge in [0.05, 0.1) is 17.8 Å². The molecule has 0 aliphatic carbocycles. The van der Waals surface area contributed by atoms with Crippen LogP contribution in [-0.4, -0.2) is 18.4 Å². The second kappa shape index (κ2) is 7.42. The first-order valence-corrected chi connectivity index (χ1v) is 6.77. The van der Waals surface area contributed by atoms with Crippen molar-refractivity contribution in [3.63, 3.8) is 0 Å². The monoisotopic (exact) mass is 321 g/mol. The third kappa shape index (κ3) is 4.46. The smallest absolute Gasteiger partial charge is 0.257 e. The topological polar surface area (TPSA) is 70.2 Å². The van der Waals surface area contributed by atoms with Gasteiger partial charge in [-0.25, -0.2) is 4.39 Å². The molecule has 2 amide bonds. The molecule has 0 aromatic heterocycles. The Kier molecular flexibility index (Phi) is 5.32. The summed E-state index contributed by atoms with van der Waals surface area (Å²) < 4.78 is 13.4. The van der Waals surface area contributed by atoms with E-state index in [1.807, 2.05) is 0 Å². The minimum Gasteiger partial charge on any atom is -0.343 e. The first-order chi connectivity index (χ1) is 10.6. The molecule has 0 aliphatic heterocycles. The molecule has 3 N–H and O–H groups in total. The summed E-state index contributed by atoms with van der Waals surface area (Å²) in [5, 5.41) is 2.85. The summed E-state index contributed by atoms with van der Waals surface area (Å²) in [6, 6.07) is 12.3. The lowest BCUT2D eigenvalue weighted by Gasteiger charge is -2.09. The summed E-state index contributed by atoms with van der Waals surface area (Å²) in [6.45, 7) is -0.291. The fourth-order valence-corrected chi connectivity index (χ4v) is 1.84. The first-order valence-electron chi connectivity index (χ1n) is 6.39. The number of halogens is 2. The predicted molar refractivity (Wildman–Crippen MR) is 82.0 cm³/mol. The van der Waals surface area contributed by atoms with E-state index in [0.29, 0.717) is 10.7 Å². The van der Waals surface area contributed by atoms with Crippen LogP contribution in [-0.2, 0) is 4.79 Å². The summed E-state index contributed by atoms with van der Waals surface area (Å²) in [6.07, 6.45) is 0. The van der Waals surface area contributed by atoms with E-state index in [1.165, 1.54) is 18.2 Å². The Hall–Kier alpha value is -2.60. The summed E-state index contributed by atoms with van der Waals surface area (Å²) in [4.78, 5) is 23.3. The molecule has 2 aromatic carbocycles. The van der Waals surface area contributed by atoms with Crippen LogP contribution in [0.3, 0.4) is 0 Å². The van der Waals surface area contributed by atoms with Crippen LogP contribution in [0.15, 0.2) is 48.5 Å². The third-order valence-corrected chi connectivity index (χ3v) is 2.93. The summed E-state index contributed by atoms with van der Waals surface area (Å²) in [5.74, 6) is -1.78. The summed E-state index contributed by atoms with van der Waals surface area (Å²) in [5.41, 5.74) is 5.53. The SMILES string of the molecule is O=C(CNC(=O)c1ccccc1F)NNc1cccc(Cl)c1. The Morgan fingerprint density at radius 2 is 1.86 bits per heavy atom. The molecule has 22 heavy (non-hydrogen) atoms. The minimum absolute atomic E-state index is 0.113. The lowest BCUT2D eigenvalue weighted by molar-refractivity contribution is -0.119. The second-order valence-corrected chi connectivity index (χ2v) is 4.78. The van der Waals surface area contributed by atoms with Crippen molar-refractivity contribution in [2.75, 3.05) is 12.0 Å². The zero-order valence-electron chi connectivity index (χ0n) is 11.4. The van der Waals surface area contributed by atoms with Crippen LogP contribution in [0.25, 0.3) is 0 Å². The third-order valence-electron chi connectivity index (χ3n) is 2.70. The van der Waals surface area contributed by atoms with Crippen LogP contribution >= 0.6 is 11.6 Å². The number of amides is 2. The highest BCUT2D eigenvalue weighted by molar-refractivity contribution is 6.30. The maximum Gasteiger partial charge on any atom is 0.257 e. The van der Waals surface area contributed by atoms with Crippen molar-refractivity contribution < 1.29 is 14.0 Å². The standard InChI is InChI=1S/C15H13ClFN3O2/c16-10-4-3-5-11(8-10)19-20-14(21)9-18-15(22)12-6-1-2-7-13(12)17/h1-8,19H,9H2,(H,18,22)(H,20,21). The summed E-state index contributed by atoms with van der Waals surface area (Å²) in [7, 11) is 0. The molecule has 0 saturated heterocycles. The number of benzene rings is 2. The lowest BCUT2D eigenvalue weighted by Crippen LogP contribution is -2.39. The van der Waals surface area contributed by atoms with Gasteiger partial charge in [-0.05, 0) is 30.3 Å². The average Bonchev–Trinajstić information content (AvgIpc) is 2.51. The van der Waals surface area contributed by atoms with E-state index >= 15 is 0 Å². The van der Waals surface area contributed by atoms with Crippen LogP contribution in [0.1, 0.15) is 10.4 Å². The van der Waals surface area contributed by atoms with Crippen molar-refractivity contribution in [3.05, 3.63) is 64.9 Å². The predicted octanol–water partition coefficient (Wildman–Crippen LogP) is 2.35. The Bertz CT molecular complexity index is 694. The molecule has 0 radical (unpaired) electrons. The molecule has 7 heteroatoms. The van der Waals surface area contributed by atoms with Gasteiger partial charge < -0.3 is 5.32 Å². The van der Waals surface area contributed by atoms with Crippen LogP contribution in [0.5, 0.6) is 0 Å². The van der Waals surface area contributed by atoms with Gasteiger partial charge in [0.2, 0.25) is 0 Å². The number of nitrogens with one attached hydrogen (secondary N) is 3. The van der Waals surface area contributed by atoms with Crippen LogP contribution in [0.2, 0.25) is 5.02 Å². The van der Waals surface area contributed by atoms with E-state index in [4.69, 9.17) is 11.6 Å². The molecule has 0 spiro atoms. The molecule has 0 unspecified atom stereocenters. The molecule has 0 heterocycles. The van der Waals surface area contributed by atoms with Crippen molar-refractivity contribution in [2.24, 2.45) is 0 Å². The van der Waals surface area contributed by atoms with Crippen LogP contribution < -0.4 is 16.2 Å². The quantitative estimate of drug-likeness (QED) is 0.740. The highest BCUT2D eigenvalue weighted by Crippen LogP contribution is 2.13. The first kappa shape index (κ1) is 15.8. The normalized spacial score (nSPS) is 9.91. The van der Waals surface area contributed by atoms with Gasteiger partial charge in [-0.3, -0.25) is 20.4 Å². The zero-order valence-corrected chi connectivity index (χ0v) is 12.2. The fraction of sp³-hybridized carbons (Fsp3) is 0.0667. The fourth-order valence-electron chi connectivity index (χ4n) is 1.65. The van der Waals surface area contributed by atoms with E-state index < -0.39 is 17.6 Å². The summed E-state index contributed by atoms with van der Waals surface area (Å²) >= 11 is 5.80. The second-order valence-electron chi connectivity index (χ2n) is 4.35. The maximum absolute atomic E-state index is 13.4. The van der Waals surface area contributed by atoms with Crippen molar-refractivity contribution >= 4 is 29.1 Å². The van der Waals surface area contributed by atoms with E-state index in [1.54, 1.807) is 30.3 Å². The number of rotatable bonds is 5. The van der Waals surface area contributed by atoms with Crippen molar-refractivity contribution in [1.82, 2.24) is 10.7 Å². The highest BCUT2D eigenvalue weighted by atomic mass is 35.5. The Morgan fingerprint density at radius 3 is 2.59 bits per heavy atom. The Balaban J connectivity index is 1.81. The maximum atomic E-state index is 13.4. The van der Waals surface area contributed by atoms with Gasteiger partial charge in [0, 0.05) is 5.02 Å². The molecule has 0 aliphatic rings. The Morgan fingerprint density at radius 1 is 1.09 bits per heavy atom. The van der Waals surface area contributed by atoms with E-state index in [0.717, 1.165) is 0 Å². The van der Waals surface area contributed by atoms with Gasteiger partial charge in [0.25, 0.3) is 11.8 Å². The molecule has 0 fully saturated rings. The van der Waals surface area contributed by atoms with Gasteiger partial charge in [-0.15, -0.1) is 0 Å². The van der Waals surface area contributed by atoms with Gasteiger partial charge in [-0.1, -0.05) is 29.8 Å². The van der Waals surface area contributed by atoms with Gasteiger partial charge in [0.1, 0.15) is 5.82 Å². The molecular formula is C15H13ClFN3O2. The molecule has 114 valence electrons. The van der Waals surface area contributed by atoms with Crippen LogP contribution in [0.4, 0.5) is 10.1 Å². The van der Waals surface area contributed by atoms with Crippen molar-refractivity contribution in [2.45, 2.75) is 0 Å². The average molecular weight is 322 g/mol. The molecular weight excluding hydrogens is 309 g/mol. The van der Waals surface area contributed by atoms with E-state index in [9.17, 15) is 14.0 Å². The number of carbonyl (C=O) groups is 2. The molecule has 0 saturated carbocycles. The number of carbonyl (C=O) groups excluding carboxylic acids is 2. The number of anilines is 1. The van der Waals surface area contributed by atoms with E-state index in [-0.39, 0.29) is 12.1 Å². The van der Waals surface area contributed by atoms with Crippen molar-refractivity contribution in [1.29, 1.82) is 0 Å². The van der Waals surface area contributed by atoms with Gasteiger partial charge in [0.15, 0.2) is 0 Å². The number of hydrazine groups is 1. The van der Waals surface area contributed by atoms with E-state index in [2.05, 4.69) is 16.2 Å². The molecule has 2 rings (SSSR count). The minimum atomic E-state index is -0.656.